The second-order valence-corrected chi connectivity index (χ2v) is 3.79. The lowest BCUT2D eigenvalue weighted by atomic mass is 10.1. The van der Waals surface area contributed by atoms with Crippen LogP contribution in [0, 0.1) is 0 Å². The van der Waals surface area contributed by atoms with E-state index in [2.05, 4.69) is 30.8 Å². The molecule has 0 amide bonds. The van der Waals surface area contributed by atoms with Gasteiger partial charge in [0.25, 0.3) is 0 Å². The van der Waals surface area contributed by atoms with Crippen molar-refractivity contribution in [2.45, 2.75) is 5.54 Å². The van der Waals surface area contributed by atoms with E-state index in [-0.39, 0.29) is 7.69 Å². The van der Waals surface area contributed by atoms with Crippen LogP contribution in [-0.4, -0.2) is 28.0 Å². The minimum atomic E-state index is 0. The maximum Gasteiger partial charge on any atom is 0.482 e. The smallest absolute Gasteiger partial charge is 0.429 e. The molecule has 69 valence electrons. The van der Waals surface area contributed by atoms with Gasteiger partial charge < -0.3 is 10.0 Å². The summed E-state index contributed by atoms with van der Waals surface area (Å²) in [4.78, 5) is 0. The van der Waals surface area contributed by atoms with E-state index in [1.807, 2.05) is 12.1 Å². The molecule has 0 spiro atoms. The Bertz CT molecular complexity index is 228. The monoisotopic (exact) mass is 193 g/mol. The molecule has 0 fully saturated rings. The molecule has 2 N–H and O–H groups in total. The van der Waals surface area contributed by atoms with E-state index in [1.165, 1.54) is 5.56 Å². The van der Waals surface area contributed by atoms with Gasteiger partial charge in [0.05, 0.1) is 0 Å². The molecule has 1 rings (SSSR count). The molecule has 1 atom stereocenters. The average molecular weight is 193 g/mol. The first-order chi connectivity index (χ1) is 6.26. The van der Waals surface area contributed by atoms with Crippen LogP contribution in [0.5, 0.6) is 0 Å². The van der Waals surface area contributed by atoms with Gasteiger partial charge in [0, 0.05) is 10.2 Å². The van der Waals surface area contributed by atoms with Crippen molar-refractivity contribution >= 4 is 17.9 Å². The van der Waals surface area contributed by atoms with Gasteiger partial charge in [0.1, 0.15) is 0 Å². The van der Waals surface area contributed by atoms with Crippen LogP contribution in [0.1, 0.15) is 11.1 Å². The molecule has 0 aromatic heterocycles. The molecule has 0 heterocycles. The molecule has 1 aromatic rings. The molecule has 0 bridgehead atoms. The summed E-state index contributed by atoms with van der Waals surface area (Å²) < 4.78 is 0. The molecular weight excluding hydrogens is 179 g/mol. The number of benzene rings is 1. The van der Waals surface area contributed by atoms with Crippen molar-refractivity contribution in [2.24, 2.45) is 0 Å². The summed E-state index contributed by atoms with van der Waals surface area (Å²) in [6, 6.07) is 10.5. The van der Waals surface area contributed by atoms with Gasteiger partial charge in [0.15, 0.2) is 0 Å². The van der Waals surface area contributed by atoms with Gasteiger partial charge in [-0.05, 0) is 11.1 Å². The highest BCUT2D eigenvalue weighted by Gasteiger charge is 1.96. The van der Waals surface area contributed by atoms with Gasteiger partial charge in [-0.15, -0.1) is 6.58 Å². The van der Waals surface area contributed by atoms with Crippen LogP contribution < -0.4 is 0 Å². The van der Waals surface area contributed by atoms with Crippen molar-refractivity contribution in [1.82, 2.24) is 0 Å². The summed E-state index contributed by atoms with van der Waals surface area (Å²) >= 11 is 0. The van der Waals surface area contributed by atoms with Crippen molar-refractivity contribution in [1.29, 1.82) is 0 Å². The van der Waals surface area contributed by atoms with Crippen LogP contribution in [0.3, 0.4) is 0 Å². The molecule has 0 saturated carbocycles. The van der Waals surface area contributed by atoms with E-state index < -0.39 is 0 Å². The Kier molecular flexibility index (Phi) is 7.29. The molecule has 4 heteroatoms. The summed E-state index contributed by atoms with van der Waals surface area (Å²) in [5.74, 6) is 0. The van der Waals surface area contributed by atoms with E-state index in [1.54, 1.807) is 0 Å². The van der Waals surface area contributed by atoms with Crippen LogP contribution in [-0.2, 0) is 0 Å². The first kappa shape index (κ1) is 12.2. The average Bonchev–Trinajstić information content (AvgIpc) is 2.19. The van der Waals surface area contributed by atoms with Gasteiger partial charge in [-0.25, -0.2) is 0 Å². The molecule has 0 aliphatic carbocycles. The zero-order chi connectivity index (χ0) is 10.1. The first-order valence-electron chi connectivity index (χ1n) is 4.03. The first-order valence-corrected chi connectivity index (χ1v) is 5.19. The normalized spacial score (nSPS) is 10.9. The summed E-state index contributed by atoms with van der Waals surface area (Å²) in [6.45, 7) is 3.77. The fraction of sp³-hybridized carbons (Fsp3) is 0.111. The Morgan fingerprint density at radius 3 is 2.15 bits per heavy atom. The van der Waals surface area contributed by atoms with E-state index in [4.69, 9.17) is 10.0 Å². The number of rotatable bonds is 2. The summed E-state index contributed by atoms with van der Waals surface area (Å²) in [7, 11) is 1.16. The van der Waals surface area contributed by atoms with Crippen molar-refractivity contribution in [2.75, 3.05) is 0 Å². The Morgan fingerprint density at radius 2 is 1.77 bits per heavy atom. The van der Waals surface area contributed by atoms with Crippen molar-refractivity contribution in [3.8, 4) is 0 Å². The third-order valence-corrected chi connectivity index (χ3v) is 2.82. The lowest BCUT2D eigenvalue weighted by molar-refractivity contribution is 0.448. The maximum absolute atomic E-state index is 7.00. The molecule has 1 radical (unpaired) electrons. The quantitative estimate of drug-likeness (QED) is 0.503. The van der Waals surface area contributed by atoms with Crippen molar-refractivity contribution in [3.05, 3.63) is 48.6 Å². The highest BCUT2D eigenvalue weighted by Crippen LogP contribution is 2.10. The van der Waals surface area contributed by atoms with E-state index in [9.17, 15) is 0 Å². The number of hydrogen-bond acceptors (Lipinski definition) is 2. The predicted octanol–water partition coefficient (Wildman–Crippen LogP) is -0.216. The third kappa shape index (κ3) is 5.41. The molecule has 2 nitrogen and oxygen atoms in total. The molecule has 1 unspecified atom stereocenters. The second-order valence-electron chi connectivity index (χ2n) is 2.55. The lowest BCUT2D eigenvalue weighted by Crippen LogP contribution is -1.91. The summed E-state index contributed by atoms with van der Waals surface area (Å²) in [6.07, 6.45) is 2.02. The Balaban J connectivity index is 0.000000424. The number of hydrogen-bond donors (Lipinski definition) is 2. The van der Waals surface area contributed by atoms with Crippen molar-refractivity contribution in [3.63, 3.8) is 0 Å². The third-order valence-electron chi connectivity index (χ3n) is 1.68. The van der Waals surface area contributed by atoms with E-state index in [0.29, 0.717) is 5.54 Å². The van der Waals surface area contributed by atoms with Crippen LogP contribution in [0.2, 0.25) is 0 Å². The van der Waals surface area contributed by atoms with Gasteiger partial charge in [-0.2, -0.15) is 0 Å². The molecule has 1 aromatic carbocycles. The topological polar surface area (TPSA) is 40.5 Å². The van der Waals surface area contributed by atoms with Crippen molar-refractivity contribution < 1.29 is 10.0 Å². The predicted molar refractivity (Wildman–Crippen MR) is 59.5 cm³/mol. The van der Waals surface area contributed by atoms with Crippen LogP contribution in [0.15, 0.2) is 43.0 Å². The van der Waals surface area contributed by atoms with Gasteiger partial charge in [-0.1, -0.05) is 36.4 Å². The zero-order valence-electron chi connectivity index (χ0n) is 7.72. The standard InChI is InChI=1S/C9H12Si.BH2O2/c1-2-9(10)8-6-4-3-5-7-8;2-1-3/h2-7,9H,1H2,10H3;2-3H. The zero-order valence-corrected chi connectivity index (χ0v) is 9.72. The lowest BCUT2D eigenvalue weighted by Gasteiger charge is -2.03. The highest BCUT2D eigenvalue weighted by molar-refractivity contribution is 6.13. The Labute approximate surface area is 82.7 Å². The second kappa shape index (κ2) is 7.79. The van der Waals surface area contributed by atoms with Crippen LogP contribution >= 0.6 is 0 Å². The fourth-order valence-corrected chi connectivity index (χ4v) is 1.28. The molecule has 13 heavy (non-hydrogen) atoms. The number of allylic oxidation sites excluding steroid dienone is 1. The van der Waals surface area contributed by atoms with Gasteiger partial charge in [0.2, 0.25) is 0 Å². The van der Waals surface area contributed by atoms with Gasteiger partial charge in [-0.3, -0.25) is 0 Å². The molecule has 0 aliphatic rings. The molecular formula is C9H14BO2Si. The van der Waals surface area contributed by atoms with E-state index in [0.717, 1.165) is 10.2 Å². The maximum atomic E-state index is 7.00. The molecule has 0 saturated heterocycles. The minimum absolute atomic E-state index is 0. The highest BCUT2D eigenvalue weighted by atomic mass is 28.1. The minimum Gasteiger partial charge on any atom is -0.429 e. The van der Waals surface area contributed by atoms with E-state index >= 15 is 0 Å². The van der Waals surface area contributed by atoms with Gasteiger partial charge >= 0.3 is 7.69 Å². The largest absolute Gasteiger partial charge is 0.482 e. The van der Waals surface area contributed by atoms with Crippen LogP contribution in [0.25, 0.3) is 0 Å². The van der Waals surface area contributed by atoms with Crippen LogP contribution in [0.4, 0.5) is 0 Å². The SMILES string of the molecule is C=CC([SiH3])c1ccccc1.O[B]O. The summed E-state index contributed by atoms with van der Waals surface area (Å²) in [5, 5.41) is 14.0. The Hall–Kier alpha value is -0.838. The molecule has 0 aliphatic heterocycles. The summed E-state index contributed by atoms with van der Waals surface area (Å²) in [5.41, 5.74) is 2.00. The fourth-order valence-electron chi connectivity index (χ4n) is 0.893. The Morgan fingerprint density at radius 1 is 1.31 bits per heavy atom.